The molecule has 1 aliphatic carbocycles. The van der Waals surface area contributed by atoms with Crippen LogP contribution in [0.2, 0.25) is 10.0 Å². The lowest BCUT2D eigenvalue weighted by atomic mass is 9.78. The van der Waals surface area contributed by atoms with Crippen molar-refractivity contribution in [3.8, 4) is 5.75 Å². The molecule has 214 valence electrons. The molecule has 5 rings (SSSR count). The van der Waals surface area contributed by atoms with Crippen molar-refractivity contribution < 1.29 is 28.7 Å². The fourth-order valence-electron chi connectivity index (χ4n) is 5.09. The van der Waals surface area contributed by atoms with Gasteiger partial charge in [-0.05, 0) is 79.1 Å². The molecule has 1 fully saturated rings. The highest BCUT2D eigenvalue weighted by atomic mass is 79.9. The Morgan fingerprint density at radius 3 is 2.26 bits per heavy atom. The normalized spacial score (nSPS) is 19.4. The van der Waals surface area contributed by atoms with Crippen molar-refractivity contribution in [2.45, 2.75) is 13.3 Å². The Hall–Kier alpha value is -3.79. The number of carbonyl (C=O) groups excluding carboxylic acids is 5. The number of Topliss-reactive ketones (excluding diaryl/α,β-unsaturated/α-hetero) is 1. The lowest BCUT2D eigenvalue weighted by Crippen LogP contribution is -2.52. The summed E-state index contributed by atoms with van der Waals surface area (Å²) in [5.74, 6) is -4.33. The molecule has 11 heteroatoms. The summed E-state index contributed by atoms with van der Waals surface area (Å²) in [7, 11) is 0. The number of nitrogens with zero attached hydrogens (tertiary/aromatic N) is 2. The van der Waals surface area contributed by atoms with Crippen LogP contribution in [0.1, 0.15) is 44.4 Å². The number of hydrogen-bond donors (Lipinski definition) is 0. The fraction of sp³-hybridized carbons (Fsp3) is 0.194. The molecule has 2 aliphatic rings. The molecule has 0 N–H and O–H groups in total. The Kier molecular flexibility index (Phi) is 8.63. The van der Waals surface area contributed by atoms with Gasteiger partial charge in [-0.2, -0.15) is 5.01 Å². The topological polar surface area (TPSA) is 101 Å². The number of hydrogen-bond acceptors (Lipinski definition) is 6. The van der Waals surface area contributed by atoms with E-state index in [9.17, 15) is 24.0 Å². The quantitative estimate of drug-likeness (QED) is 0.0947. The monoisotopic (exact) mass is 668 g/mol. The number of esters is 1. The Labute approximate surface area is 259 Å². The predicted octanol–water partition coefficient (Wildman–Crippen LogP) is 6.41. The number of ketones is 1. The van der Waals surface area contributed by atoms with Gasteiger partial charge in [0.2, 0.25) is 0 Å². The molecule has 3 aromatic carbocycles. The lowest BCUT2D eigenvalue weighted by Gasteiger charge is -2.30. The number of rotatable bonds is 7. The molecular formula is C31H23BrCl2N2O6. The summed E-state index contributed by atoms with van der Waals surface area (Å²) in [5.41, 5.74) is 0.495. The molecule has 8 nitrogen and oxygen atoms in total. The van der Waals surface area contributed by atoms with E-state index >= 15 is 0 Å². The number of ether oxygens (including phenoxy) is 1. The van der Waals surface area contributed by atoms with E-state index in [-0.39, 0.29) is 27.8 Å². The second-order valence-corrected chi connectivity index (χ2v) is 11.7. The number of carbonyl (C=O) groups is 5. The molecule has 0 saturated carbocycles. The number of allylic oxidation sites excluding steroid dienone is 2. The highest BCUT2D eigenvalue weighted by Gasteiger charge is 2.53. The standard InChI is InChI=1S/C31H23BrCl2N2O6/c1-17-3-2-4-24-27(17)30(40)36(29(24)39)35(28(38)23-14-11-21(33)15-25(23)34)16-26(37)18-7-12-22(13-8-18)42-31(41)19-5-9-20(32)10-6-19/h2-3,5-15,17,24,27H,4,16H2,1H3/t17-,24+,27-/m1/s1. The van der Waals surface area contributed by atoms with Gasteiger partial charge in [0.05, 0.1) is 28.0 Å². The second kappa shape index (κ2) is 12.2. The van der Waals surface area contributed by atoms with Crippen molar-refractivity contribution >= 4 is 68.6 Å². The van der Waals surface area contributed by atoms with Gasteiger partial charge in [-0.15, -0.1) is 0 Å². The third kappa shape index (κ3) is 5.90. The van der Waals surface area contributed by atoms with Gasteiger partial charge in [-0.3, -0.25) is 19.2 Å². The van der Waals surface area contributed by atoms with Crippen molar-refractivity contribution in [2.75, 3.05) is 6.54 Å². The van der Waals surface area contributed by atoms with Crippen molar-refractivity contribution in [2.24, 2.45) is 17.8 Å². The number of imide groups is 1. The molecule has 0 aromatic heterocycles. The Balaban J connectivity index is 1.40. The first kappa shape index (κ1) is 29.7. The number of benzene rings is 3. The Morgan fingerprint density at radius 2 is 1.62 bits per heavy atom. The molecule has 0 radical (unpaired) electrons. The summed E-state index contributed by atoms with van der Waals surface area (Å²) in [6, 6.07) is 16.6. The number of fused-ring (bicyclic) bond motifs is 1. The minimum Gasteiger partial charge on any atom is -0.423 e. The van der Waals surface area contributed by atoms with Crippen LogP contribution >= 0.6 is 39.1 Å². The van der Waals surface area contributed by atoms with E-state index in [1.54, 1.807) is 24.3 Å². The summed E-state index contributed by atoms with van der Waals surface area (Å²) in [4.78, 5) is 66.7. The van der Waals surface area contributed by atoms with Gasteiger partial charge in [0.15, 0.2) is 5.78 Å². The average molecular weight is 670 g/mol. The summed E-state index contributed by atoms with van der Waals surface area (Å²) >= 11 is 15.6. The van der Waals surface area contributed by atoms with Crippen LogP contribution in [0.3, 0.4) is 0 Å². The smallest absolute Gasteiger partial charge is 0.343 e. The van der Waals surface area contributed by atoms with E-state index in [1.807, 2.05) is 19.1 Å². The van der Waals surface area contributed by atoms with Gasteiger partial charge in [-0.1, -0.05) is 58.2 Å². The van der Waals surface area contributed by atoms with Gasteiger partial charge in [-0.25, -0.2) is 9.80 Å². The molecule has 1 saturated heterocycles. The first-order valence-corrected chi connectivity index (χ1v) is 14.5. The minimum absolute atomic E-state index is 0.00781. The predicted molar refractivity (Wildman–Crippen MR) is 159 cm³/mol. The molecule has 0 unspecified atom stereocenters. The van der Waals surface area contributed by atoms with E-state index in [2.05, 4.69) is 15.9 Å². The highest BCUT2D eigenvalue weighted by Crippen LogP contribution is 2.39. The van der Waals surface area contributed by atoms with Crippen LogP contribution in [0.4, 0.5) is 0 Å². The third-order valence-electron chi connectivity index (χ3n) is 7.25. The second-order valence-electron chi connectivity index (χ2n) is 9.97. The van der Waals surface area contributed by atoms with Crippen molar-refractivity contribution in [1.29, 1.82) is 0 Å². The third-order valence-corrected chi connectivity index (χ3v) is 8.32. The van der Waals surface area contributed by atoms with Crippen LogP contribution in [-0.4, -0.2) is 46.0 Å². The maximum absolute atomic E-state index is 13.8. The van der Waals surface area contributed by atoms with E-state index in [4.69, 9.17) is 27.9 Å². The average Bonchev–Trinajstić information content (AvgIpc) is 3.22. The molecule has 1 aliphatic heterocycles. The highest BCUT2D eigenvalue weighted by molar-refractivity contribution is 9.10. The van der Waals surface area contributed by atoms with Crippen LogP contribution in [0.15, 0.2) is 83.4 Å². The SMILES string of the molecule is C[C@@H]1C=CC[C@@H]2C(=O)N(N(CC(=O)c3ccc(OC(=O)c4ccc(Br)cc4)cc3)C(=O)c3ccc(Cl)cc3Cl)C(=O)[C@H]12. The summed E-state index contributed by atoms with van der Waals surface area (Å²) in [6.07, 6.45) is 4.07. The molecule has 3 aromatic rings. The molecule has 1 heterocycles. The summed E-state index contributed by atoms with van der Waals surface area (Å²) in [6.45, 7) is 1.22. The molecule has 3 amide bonds. The summed E-state index contributed by atoms with van der Waals surface area (Å²) in [5, 5.41) is 1.94. The minimum atomic E-state index is -0.800. The van der Waals surface area contributed by atoms with Gasteiger partial charge in [0, 0.05) is 15.1 Å². The zero-order chi connectivity index (χ0) is 30.1. The van der Waals surface area contributed by atoms with Crippen molar-refractivity contribution in [3.63, 3.8) is 0 Å². The van der Waals surface area contributed by atoms with Crippen LogP contribution in [0, 0.1) is 17.8 Å². The van der Waals surface area contributed by atoms with Crippen molar-refractivity contribution in [3.05, 3.63) is 110 Å². The largest absolute Gasteiger partial charge is 0.423 e. The zero-order valence-corrected chi connectivity index (χ0v) is 25.2. The maximum atomic E-state index is 13.8. The van der Waals surface area contributed by atoms with E-state index in [0.717, 1.165) is 14.5 Å². The molecule has 0 bridgehead atoms. The van der Waals surface area contributed by atoms with E-state index < -0.39 is 47.9 Å². The summed E-state index contributed by atoms with van der Waals surface area (Å²) < 4.78 is 6.20. The first-order valence-electron chi connectivity index (χ1n) is 13.0. The van der Waals surface area contributed by atoms with Gasteiger partial charge >= 0.3 is 5.97 Å². The van der Waals surface area contributed by atoms with Gasteiger partial charge in [0.25, 0.3) is 17.7 Å². The van der Waals surface area contributed by atoms with E-state index in [0.29, 0.717) is 17.0 Å². The van der Waals surface area contributed by atoms with Crippen LogP contribution in [-0.2, 0) is 9.59 Å². The van der Waals surface area contributed by atoms with Gasteiger partial charge < -0.3 is 4.74 Å². The fourth-order valence-corrected chi connectivity index (χ4v) is 5.85. The van der Waals surface area contributed by atoms with Gasteiger partial charge in [0.1, 0.15) is 12.3 Å². The Morgan fingerprint density at radius 1 is 0.952 bits per heavy atom. The maximum Gasteiger partial charge on any atom is 0.343 e. The lowest BCUT2D eigenvalue weighted by molar-refractivity contribution is -0.154. The zero-order valence-electron chi connectivity index (χ0n) is 22.1. The first-order chi connectivity index (χ1) is 20.0. The van der Waals surface area contributed by atoms with Crippen LogP contribution in [0.5, 0.6) is 5.75 Å². The number of halogens is 3. The number of hydrazine groups is 1. The molecule has 42 heavy (non-hydrogen) atoms. The molecular weight excluding hydrogens is 647 g/mol. The van der Waals surface area contributed by atoms with Crippen LogP contribution in [0.25, 0.3) is 0 Å². The van der Waals surface area contributed by atoms with Crippen LogP contribution < -0.4 is 4.74 Å². The molecule has 0 spiro atoms. The number of amides is 3. The van der Waals surface area contributed by atoms with E-state index in [1.165, 1.54) is 42.5 Å². The van der Waals surface area contributed by atoms with Crippen molar-refractivity contribution in [1.82, 2.24) is 10.0 Å². The Bertz CT molecular complexity index is 1620. The molecule has 3 atom stereocenters.